The molecule has 0 aliphatic carbocycles. The maximum absolute atomic E-state index is 12.2. The molecule has 0 unspecified atom stereocenters. The number of aliphatic carboxylic acids is 1. The van der Waals surface area contributed by atoms with Crippen LogP contribution in [0, 0.1) is 13.8 Å². The molecule has 0 spiro atoms. The van der Waals surface area contributed by atoms with Gasteiger partial charge in [0.2, 0.25) is 5.91 Å². The molecular weight excluding hydrogens is 360 g/mol. The van der Waals surface area contributed by atoms with Gasteiger partial charge in [0, 0.05) is 44.7 Å². The minimum Gasteiger partial charge on any atom is -0.481 e. The second-order valence-electron chi connectivity index (χ2n) is 6.80. The summed E-state index contributed by atoms with van der Waals surface area (Å²) in [6.07, 6.45) is 0.740. The summed E-state index contributed by atoms with van der Waals surface area (Å²) in [6, 6.07) is 6.98. The highest BCUT2D eigenvalue weighted by Gasteiger charge is 2.14. The van der Waals surface area contributed by atoms with Crippen molar-refractivity contribution in [2.45, 2.75) is 33.1 Å². The summed E-state index contributed by atoms with van der Waals surface area (Å²) in [6.45, 7) is 4.04. The van der Waals surface area contributed by atoms with E-state index in [0.29, 0.717) is 12.0 Å². The summed E-state index contributed by atoms with van der Waals surface area (Å²) in [5, 5.41) is 16.1. The molecule has 0 atom stereocenters. The van der Waals surface area contributed by atoms with E-state index in [0.717, 1.165) is 22.6 Å². The SMILES string of the molecule is Cc1nn(-c2ccc(C(=O)NCCC(=O)N(C)C)cc2)c(C)c1CCC(=O)O. The van der Waals surface area contributed by atoms with Crippen LogP contribution in [0.2, 0.25) is 0 Å². The second-order valence-corrected chi connectivity index (χ2v) is 6.80. The van der Waals surface area contributed by atoms with E-state index in [4.69, 9.17) is 5.11 Å². The van der Waals surface area contributed by atoms with Gasteiger partial charge in [-0.1, -0.05) is 0 Å². The van der Waals surface area contributed by atoms with Gasteiger partial charge in [-0.25, -0.2) is 4.68 Å². The summed E-state index contributed by atoms with van der Waals surface area (Å²) >= 11 is 0. The van der Waals surface area contributed by atoms with Gasteiger partial charge in [0.1, 0.15) is 0 Å². The monoisotopic (exact) mass is 386 g/mol. The number of rotatable bonds is 8. The number of nitrogens with one attached hydrogen (secondary N) is 1. The van der Waals surface area contributed by atoms with Crippen LogP contribution in [0.5, 0.6) is 0 Å². The van der Waals surface area contributed by atoms with Crippen LogP contribution in [-0.4, -0.2) is 58.2 Å². The van der Waals surface area contributed by atoms with Crippen molar-refractivity contribution in [1.82, 2.24) is 20.0 Å². The van der Waals surface area contributed by atoms with Crippen LogP contribution in [0.1, 0.15) is 40.2 Å². The molecule has 0 bridgehead atoms. The third-order valence-corrected chi connectivity index (χ3v) is 4.53. The minimum absolute atomic E-state index is 0.0427. The Bertz CT molecular complexity index is 869. The Kier molecular flexibility index (Phi) is 6.92. The van der Waals surface area contributed by atoms with Crippen molar-refractivity contribution in [3.8, 4) is 5.69 Å². The topological polar surface area (TPSA) is 105 Å². The number of carboxylic acids is 1. The normalized spacial score (nSPS) is 10.6. The summed E-state index contributed by atoms with van der Waals surface area (Å²) < 4.78 is 1.75. The van der Waals surface area contributed by atoms with Crippen molar-refractivity contribution in [1.29, 1.82) is 0 Å². The number of nitrogens with zero attached hydrogens (tertiary/aromatic N) is 3. The Morgan fingerprint density at radius 3 is 2.32 bits per heavy atom. The fraction of sp³-hybridized carbons (Fsp3) is 0.400. The molecule has 2 aromatic rings. The highest BCUT2D eigenvalue weighted by molar-refractivity contribution is 5.94. The lowest BCUT2D eigenvalue weighted by Crippen LogP contribution is -2.30. The predicted octanol–water partition coefficient (Wildman–Crippen LogP) is 1.71. The molecule has 0 aliphatic heterocycles. The van der Waals surface area contributed by atoms with Crippen molar-refractivity contribution >= 4 is 17.8 Å². The van der Waals surface area contributed by atoms with Crippen LogP contribution in [-0.2, 0) is 16.0 Å². The summed E-state index contributed by atoms with van der Waals surface area (Å²) in [4.78, 5) is 36.1. The number of aromatic nitrogens is 2. The van der Waals surface area contributed by atoms with E-state index in [1.165, 1.54) is 4.90 Å². The van der Waals surface area contributed by atoms with Crippen LogP contribution >= 0.6 is 0 Å². The van der Waals surface area contributed by atoms with Crippen LogP contribution in [0.25, 0.3) is 5.69 Å². The highest BCUT2D eigenvalue weighted by atomic mass is 16.4. The van der Waals surface area contributed by atoms with E-state index >= 15 is 0 Å². The van der Waals surface area contributed by atoms with E-state index in [2.05, 4.69) is 10.4 Å². The molecule has 2 N–H and O–H groups in total. The Labute approximate surface area is 164 Å². The first kappa shape index (κ1) is 21.1. The second kappa shape index (κ2) is 9.16. The van der Waals surface area contributed by atoms with E-state index in [1.807, 2.05) is 13.8 Å². The standard InChI is InChI=1S/C20H26N4O4/c1-13-17(9-10-19(26)27)14(2)24(22-13)16-7-5-15(6-8-16)20(28)21-12-11-18(25)23(3)4/h5-8H,9-12H2,1-4H3,(H,21,28)(H,26,27). The number of amides is 2. The molecule has 150 valence electrons. The fourth-order valence-corrected chi connectivity index (χ4v) is 2.88. The van der Waals surface area contributed by atoms with Gasteiger partial charge in [-0.3, -0.25) is 14.4 Å². The molecule has 0 fully saturated rings. The first-order chi connectivity index (χ1) is 13.2. The number of aryl methyl sites for hydroxylation is 1. The number of benzene rings is 1. The third kappa shape index (κ3) is 5.18. The van der Waals surface area contributed by atoms with Crippen LogP contribution in [0.3, 0.4) is 0 Å². The number of hydrogen-bond donors (Lipinski definition) is 2. The smallest absolute Gasteiger partial charge is 0.303 e. The molecule has 28 heavy (non-hydrogen) atoms. The average molecular weight is 386 g/mol. The maximum atomic E-state index is 12.2. The zero-order valence-corrected chi connectivity index (χ0v) is 16.7. The summed E-state index contributed by atoms with van der Waals surface area (Å²) in [5.74, 6) is -1.12. The molecule has 2 amide bonds. The van der Waals surface area contributed by atoms with E-state index in [9.17, 15) is 14.4 Å². The first-order valence-electron chi connectivity index (χ1n) is 9.06. The Morgan fingerprint density at radius 1 is 1.11 bits per heavy atom. The fourth-order valence-electron chi connectivity index (χ4n) is 2.88. The minimum atomic E-state index is -0.839. The van der Waals surface area contributed by atoms with Crippen molar-refractivity contribution in [3.05, 3.63) is 46.8 Å². The molecular formula is C20H26N4O4. The van der Waals surface area contributed by atoms with Gasteiger partial charge in [-0.2, -0.15) is 5.10 Å². The lowest BCUT2D eigenvalue weighted by Gasteiger charge is -2.11. The number of carbonyl (C=O) groups excluding carboxylic acids is 2. The largest absolute Gasteiger partial charge is 0.481 e. The average Bonchev–Trinajstić information content (AvgIpc) is 2.93. The zero-order chi connectivity index (χ0) is 20.8. The molecule has 1 aromatic heterocycles. The molecule has 0 radical (unpaired) electrons. The highest BCUT2D eigenvalue weighted by Crippen LogP contribution is 2.20. The molecule has 0 saturated heterocycles. The zero-order valence-electron chi connectivity index (χ0n) is 16.7. The number of hydrogen-bond acceptors (Lipinski definition) is 4. The van der Waals surface area contributed by atoms with Crippen molar-refractivity contribution in [2.75, 3.05) is 20.6 Å². The van der Waals surface area contributed by atoms with Gasteiger partial charge in [-0.05, 0) is 50.1 Å². The number of carboxylic acid groups (broad SMARTS) is 1. The van der Waals surface area contributed by atoms with Gasteiger partial charge >= 0.3 is 5.97 Å². The van der Waals surface area contributed by atoms with Crippen LogP contribution in [0.15, 0.2) is 24.3 Å². The number of carbonyl (C=O) groups is 3. The van der Waals surface area contributed by atoms with E-state index < -0.39 is 5.97 Å². The van der Waals surface area contributed by atoms with Gasteiger partial charge < -0.3 is 15.3 Å². The quantitative estimate of drug-likeness (QED) is 0.719. The summed E-state index contributed by atoms with van der Waals surface area (Å²) in [5.41, 5.74) is 3.90. The predicted molar refractivity (Wildman–Crippen MR) is 105 cm³/mol. The third-order valence-electron chi connectivity index (χ3n) is 4.53. The van der Waals surface area contributed by atoms with E-state index in [-0.39, 0.29) is 31.2 Å². The van der Waals surface area contributed by atoms with Gasteiger partial charge in [-0.15, -0.1) is 0 Å². The molecule has 1 aromatic carbocycles. The molecule has 0 aliphatic rings. The Balaban J connectivity index is 2.06. The van der Waals surface area contributed by atoms with Crippen molar-refractivity contribution in [3.63, 3.8) is 0 Å². The van der Waals surface area contributed by atoms with E-state index in [1.54, 1.807) is 43.0 Å². The Hall–Kier alpha value is -3.16. The van der Waals surface area contributed by atoms with Crippen LogP contribution in [0.4, 0.5) is 0 Å². The van der Waals surface area contributed by atoms with Crippen molar-refractivity contribution in [2.24, 2.45) is 0 Å². The Morgan fingerprint density at radius 2 is 1.75 bits per heavy atom. The van der Waals surface area contributed by atoms with Gasteiger partial charge in [0.25, 0.3) is 5.91 Å². The molecule has 0 saturated carbocycles. The lowest BCUT2D eigenvalue weighted by molar-refractivity contribution is -0.137. The van der Waals surface area contributed by atoms with Crippen LogP contribution < -0.4 is 5.32 Å². The molecule has 8 heteroatoms. The van der Waals surface area contributed by atoms with Gasteiger partial charge in [0.15, 0.2) is 0 Å². The first-order valence-corrected chi connectivity index (χ1v) is 9.06. The summed E-state index contributed by atoms with van der Waals surface area (Å²) in [7, 11) is 3.35. The molecule has 1 heterocycles. The van der Waals surface area contributed by atoms with Gasteiger partial charge in [0.05, 0.1) is 11.4 Å². The molecule has 8 nitrogen and oxygen atoms in total. The lowest BCUT2D eigenvalue weighted by atomic mass is 10.1. The van der Waals surface area contributed by atoms with Crippen molar-refractivity contribution < 1.29 is 19.5 Å². The molecule has 2 rings (SSSR count). The maximum Gasteiger partial charge on any atom is 0.303 e.